The van der Waals surface area contributed by atoms with Gasteiger partial charge in [0, 0.05) is 21.7 Å². The average Bonchev–Trinajstić information content (AvgIpc) is 3.31. The van der Waals surface area contributed by atoms with Gasteiger partial charge in [-0.05, 0) is 92.7 Å². The quantitative estimate of drug-likeness (QED) is 0.245. The van der Waals surface area contributed by atoms with Gasteiger partial charge in [0.05, 0.1) is 0 Å². The monoisotopic (exact) mass is 481 g/mol. The molecule has 2 heterocycles. The minimum Gasteiger partial charge on any atom is -0.245 e. The topological polar surface area (TPSA) is 12.9 Å². The Morgan fingerprint density at radius 3 is 1.67 bits per heavy atom. The van der Waals surface area contributed by atoms with Crippen LogP contribution in [0.1, 0.15) is 0 Å². The molecule has 0 radical (unpaired) electrons. The van der Waals surface area contributed by atoms with Gasteiger partial charge in [-0.3, -0.25) is 0 Å². The van der Waals surface area contributed by atoms with E-state index in [1.54, 1.807) is 11.3 Å². The molecule has 0 aliphatic rings. The molecule has 0 spiro atoms. The Hall–Kier alpha value is -4.34. The zero-order valence-corrected chi connectivity index (χ0v) is 20.1. The summed E-state index contributed by atoms with van der Waals surface area (Å²) >= 11 is 1.74. The Morgan fingerprint density at radius 2 is 1.03 bits per heavy atom. The molecule has 0 saturated carbocycles. The molecule has 2 aromatic heterocycles. The van der Waals surface area contributed by atoms with Crippen molar-refractivity contribution in [2.24, 2.45) is 0 Å². The van der Waals surface area contributed by atoms with Crippen molar-refractivity contribution in [3.63, 3.8) is 0 Å². The second-order valence-electron chi connectivity index (χ2n) is 9.03. The first-order chi connectivity index (χ1) is 17.7. The molecule has 0 atom stereocenters. The number of nitrogens with zero attached hydrogens (tertiary/aromatic N) is 1. The van der Waals surface area contributed by atoms with Gasteiger partial charge in [-0.25, -0.2) is 9.37 Å². The summed E-state index contributed by atoms with van der Waals surface area (Å²) in [7, 11) is 0. The van der Waals surface area contributed by atoms with Crippen LogP contribution in [-0.4, -0.2) is 4.98 Å². The van der Waals surface area contributed by atoms with E-state index in [1.165, 1.54) is 60.6 Å². The van der Waals surface area contributed by atoms with Gasteiger partial charge in [0.2, 0.25) is 0 Å². The average molecular weight is 482 g/mol. The predicted molar refractivity (Wildman–Crippen MR) is 151 cm³/mol. The molecule has 0 amide bonds. The lowest BCUT2D eigenvalue weighted by molar-refractivity contribution is 0.628. The van der Waals surface area contributed by atoms with Crippen LogP contribution in [0.2, 0.25) is 0 Å². The van der Waals surface area contributed by atoms with E-state index in [4.69, 9.17) is 0 Å². The number of rotatable bonds is 3. The molecule has 0 N–H and O–H groups in total. The van der Waals surface area contributed by atoms with Crippen LogP contribution in [-0.2, 0) is 0 Å². The lowest BCUT2D eigenvalue weighted by atomic mass is 9.96. The Labute approximate surface area is 212 Å². The minimum absolute atomic E-state index is 0.215. The van der Waals surface area contributed by atoms with Crippen LogP contribution >= 0.6 is 11.3 Å². The molecule has 5 aromatic carbocycles. The van der Waals surface area contributed by atoms with Crippen LogP contribution < -0.4 is 0 Å². The zero-order chi connectivity index (χ0) is 24.1. The van der Waals surface area contributed by atoms with Crippen LogP contribution in [0.15, 0.2) is 121 Å². The van der Waals surface area contributed by atoms with Gasteiger partial charge in [0.1, 0.15) is 10.6 Å². The maximum absolute atomic E-state index is 13.3. The van der Waals surface area contributed by atoms with Crippen molar-refractivity contribution in [2.45, 2.75) is 0 Å². The summed E-state index contributed by atoms with van der Waals surface area (Å²) in [4.78, 5) is 5.60. The number of pyridine rings is 1. The highest BCUT2D eigenvalue weighted by molar-refractivity contribution is 7.25. The van der Waals surface area contributed by atoms with E-state index >= 15 is 0 Å². The third-order valence-electron chi connectivity index (χ3n) is 6.82. The van der Waals surface area contributed by atoms with E-state index in [2.05, 4.69) is 89.9 Å². The van der Waals surface area contributed by atoms with E-state index in [0.717, 1.165) is 16.0 Å². The van der Waals surface area contributed by atoms with Crippen LogP contribution in [0.3, 0.4) is 0 Å². The highest BCUT2D eigenvalue weighted by atomic mass is 32.1. The predicted octanol–water partition coefficient (Wildman–Crippen LogP) is 9.74. The number of halogens is 1. The van der Waals surface area contributed by atoms with E-state index in [0.29, 0.717) is 0 Å². The summed E-state index contributed by atoms with van der Waals surface area (Å²) in [6, 6.07) is 39.2. The molecule has 0 unspecified atom stereocenters. The Morgan fingerprint density at radius 1 is 0.500 bits per heavy atom. The van der Waals surface area contributed by atoms with Crippen LogP contribution in [0, 0.1) is 5.82 Å². The highest BCUT2D eigenvalue weighted by Crippen LogP contribution is 2.36. The van der Waals surface area contributed by atoms with Crippen molar-refractivity contribution in [3.05, 3.63) is 127 Å². The molecule has 3 heteroatoms. The first-order valence-electron chi connectivity index (χ1n) is 11.9. The third-order valence-corrected chi connectivity index (χ3v) is 7.91. The molecular weight excluding hydrogens is 461 g/mol. The SMILES string of the molecule is Fc1ccc(-c2ccc3cc(-c4ccc(-c5ccc6sc7ncccc7c6c5)cc4)ccc3c2)cc1. The summed E-state index contributed by atoms with van der Waals surface area (Å²) in [5.74, 6) is -0.215. The second kappa shape index (κ2) is 8.40. The van der Waals surface area contributed by atoms with Crippen LogP contribution in [0.5, 0.6) is 0 Å². The number of hydrogen-bond acceptors (Lipinski definition) is 2. The van der Waals surface area contributed by atoms with E-state index in [1.807, 2.05) is 24.4 Å². The van der Waals surface area contributed by atoms with Crippen LogP contribution in [0.25, 0.3) is 64.5 Å². The summed E-state index contributed by atoms with van der Waals surface area (Å²) in [5, 5.41) is 4.84. The summed E-state index contributed by atoms with van der Waals surface area (Å²) in [6.07, 6.45) is 1.86. The molecule has 1 nitrogen and oxygen atoms in total. The number of aromatic nitrogens is 1. The summed E-state index contributed by atoms with van der Waals surface area (Å²) < 4.78 is 14.6. The molecule has 7 rings (SSSR count). The molecule has 0 aliphatic carbocycles. The fourth-order valence-corrected chi connectivity index (χ4v) is 5.92. The van der Waals surface area contributed by atoms with Crippen LogP contribution in [0.4, 0.5) is 4.39 Å². The van der Waals surface area contributed by atoms with Gasteiger partial charge in [-0.15, -0.1) is 11.3 Å². The van der Waals surface area contributed by atoms with Crippen molar-refractivity contribution >= 4 is 42.4 Å². The lowest BCUT2D eigenvalue weighted by Crippen LogP contribution is -1.83. The van der Waals surface area contributed by atoms with Crippen molar-refractivity contribution in [1.82, 2.24) is 4.98 Å². The third kappa shape index (κ3) is 3.65. The fourth-order valence-electron chi connectivity index (χ4n) is 4.89. The molecule has 36 heavy (non-hydrogen) atoms. The van der Waals surface area contributed by atoms with Gasteiger partial charge in [0.25, 0.3) is 0 Å². The van der Waals surface area contributed by atoms with E-state index in [-0.39, 0.29) is 5.82 Å². The summed E-state index contributed by atoms with van der Waals surface area (Å²) in [5.41, 5.74) is 6.90. The Balaban J connectivity index is 1.20. The van der Waals surface area contributed by atoms with Crippen molar-refractivity contribution in [1.29, 1.82) is 0 Å². The van der Waals surface area contributed by atoms with Crippen molar-refractivity contribution < 1.29 is 4.39 Å². The molecule has 170 valence electrons. The lowest BCUT2D eigenvalue weighted by Gasteiger charge is -2.08. The first-order valence-corrected chi connectivity index (χ1v) is 12.7. The van der Waals surface area contributed by atoms with E-state index in [9.17, 15) is 4.39 Å². The minimum atomic E-state index is -0.215. The normalized spacial score (nSPS) is 11.5. The molecule has 0 aliphatic heterocycles. The maximum Gasteiger partial charge on any atom is 0.124 e. The largest absolute Gasteiger partial charge is 0.245 e. The number of fused-ring (bicyclic) bond motifs is 4. The Bertz CT molecular complexity index is 1880. The Kier molecular flexibility index (Phi) is 4.90. The van der Waals surface area contributed by atoms with Gasteiger partial charge in [0.15, 0.2) is 0 Å². The number of thiophene rings is 1. The number of benzene rings is 5. The summed E-state index contributed by atoms with van der Waals surface area (Å²) in [6.45, 7) is 0. The smallest absolute Gasteiger partial charge is 0.124 e. The van der Waals surface area contributed by atoms with Gasteiger partial charge < -0.3 is 0 Å². The zero-order valence-electron chi connectivity index (χ0n) is 19.3. The standard InChI is InChI=1S/C33H20FNS/c34-29-14-11-23(12-15-29)25-8-10-26-18-24(7-9-27(26)19-25)21-3-5-22(6-4-21)28-13-16-32-31(20-28)30-2-1-17-35-33(30)36-32/h1-20H. The van der Waals surface area contributed by atoms with Crippen molar-refractivity contribution in [3.8, 4) is 33.4 Å². The fraction of sp³-hybridized carbons (Fsp3) is 0. The first kappa shape index (κ1) is 21.0. The van der Waals surface area contributed by atoms with Gasteiger partial charge in [-0.1, -0.05) is 66.7 Å². The second-order valence-corrected chi connectivity index (χ2v) is 10.1. The highest BCUT2D eigenvalue weighted by Gasteiger charge is 2.08. The van der Waals surface area contributed by atoms with Crippen molar-refractivity contribution in [2.75, 3.05) is 0 Å². The molecule has 0 fully saturated rings. The van der Waals surface area contributed by atoms with E-state index < -0.39 is 0 Å². The van der Waals surface area contributed by atoms with Gasteiger partial charge >= 0.3 is 0 Å². The molecule has 0 bridgehead atoms. The maximum atomic E-state index is 13.3. The molecular formula is C33H20FNS. The number of hydrogen-bond donors (Lipinski definition) is 0. The molecule has 0 saturated heterocycles. The van der Waals surface area contributed by atoms with Gasteiger partial charge in [-0.2, -0.15) is 0 Å². The molecule has 7 aromatic rings.